The quantitative estimate of drug-likeness (QED) is 0.103. The molecule has 16 nitrogen and oxygen atoms in total. The molecule has 0 unspecified atom stereocenters. The zero-order chi connectivity index (χ0) is 27.5. The number of hydrogen-bond donors (Lipinski definition) is 8. The fourth-order valence-electron chi connectivity index (χ4n) is 2.76. The monoisotopic (exact) mass is 534 g/mol. The van der Waals surface area contributed by atoms with Crippen molar-refractivity contribution in [2.45, 2.75) is 37.4 Å². The summed E-state index contributed by atoms with van der Waals surface area (Å²) >= 11 is 0. The number of benzene rings is 1. The molecule has 3 amide bonds. The predicted octanol–water partition coefficient (Wildman–Crippen LogP) is -3.23. The normalized spacial score (nSPS) is 13.5. The number of rotatable bonds is 15. The highest BCUT2D eigenvalue weighted by molar-refractivity contribution is 7.81. The van der Waals surface area contributed by atoms with Crippen LogP contribution in [-0.4, -0.2) is 89.2 Å². The highest BCUT2D eigenvalue weighted by atomic mass is 32.3. The molecule has 0 radical (unpaired) electrons. The molecule has 0 aliphatic heterocycles. The van der Waals surface area contributed by atoms with E-state index in [9.17, 15) is 37.5 Å². The zero-order valence-electron chi connectivity index (χ0n) is 18.6. The number of aliphatic hydroxyl groups excluding tert-OH is 1. The van der Waals surface area contributed by atoms with Gasteiger partial charge in [0.25, 0.3) is 0 Å². The van der Waals surface area contributed by atoms with E-state index < -0.39 is 84.2 Å². The van der Waals surface area contributed by atoms with E-state index in [0.717, 1.165) is 12.1 Å². The van der Waals surface area contributed by atoms with Crippen LogP contribution < -0.4 is 25.9 Å². The topological polar surface area (TPSA) is 272 Å². The van der Waals surface area contributed by atoms with Crippen LogP contribution in [0.15, 0.2) is 24.3 Å². The molecule has 1 rings (SSSR count). The van der Waals surface area contributed by atoms with Gasteiger partial charge in [-0.05, 0) is 24.1 Å². The first-order valence-electron chi connectivity index (χ1n) is 10.2. The van der Waals surface area contributed by atoms with Crippen molar-refractivity contribution in [3.05, 3.63) is 29.8 Å². The Hall–Kier alpha value is -3.80. The number of carboxylic acid groups (broad SMARTS) is 2. The Bertz CT molecular complexity index is 1060. The second-order valence-corrected chi connectivity index (χ2v) is 8.28. The largest absolute Gasteiger partial charge is 0.481 e. The Kier molecular flexibility index (Phi) is 11.7. The third-order valence-corrected chi connectivity index (χ3v) is 4.88. The van der Waals surface area contributed by atoms with Crippen LogP contribution in [0.4, 0.5) is 0 Å². The first kappa shape index (κ1) is 30.2. The minimum absolute atomic E-state index is 0.195. The Labute approximate surface area is 204 Å². The summed E-state index contributed by atoms with van der Waals surface area (Å²) in [5.41, 5.74) is 5.63. The third kappa shape index (κ3) is 11.1. The Balaban J connectivity index is 2.96. The Morgan fingerprint density at radius 2 is 1.47 bits per heavy atom. The van der Waals surface area contributed by atoms with Crippen molar-refractivity contribution in [3.8, 4) is 5.75 Å². The SMILES string of the molecule is NCC(=O)N[C@@H](Cc1ccc(OS(=O)(=O)O)cc1)C(=O)N[C@@H](CO)C(=O)N[C@@H](CCC(=O)O)C(=O)O. The molecule has 0 aliphatic rings. The van der Waals surface area contributed by atoms with E-state index in [1.54, 1.807) is 0 Å². The van der Waals surface area contributed by atoms with Crippen molar-refractivity contribution in [3.63, 3.8) is 0 Å². The average molecular weight is 535 g/mol. The summed E-state index contributed by atoms with van der Waals surface area (Å²) in [6.45, 7) is -1.44. The van der Waals surface area contributed by atoms with Crippen molar-refractivity contribution in [2.24, 2.45) is 5.73 Å². The summed E-state index contributed by atoms with van der Waals surface area (Å²) in [4.78, 5) is 58.9. The van der Waals surface area contributed by atoms with Crippen LogP contribution in [0.1, 0.15) is 18.4 Å². The molecular formula is C19H26N4O12S. The van der Waals surface area contributed by atoms with E-state index >= 15 is 0 Å². The van der Waals surface area contributed by atoms with Gasteiger partial charge in [-0.3, -0.25) is 23.7 Å². The molecule has 0 heterocycles. The van der Waals surface area contributed by atoms with Gasteiger partial charge in [-0.2, -0.15) is 8.42 Å². The molecule has 0 saturated carbocycles. The van der Waals surface area contributed by atoms with Crippen LogP contribution in [0, 0.1) is 0 Å². The van der Waals surface area contributed by atoms with E-state index in [1.807, 2.05) is 5.32 Å². The fraction of sp³-hybridized carbons (Fsp3) is 0.421. The second-order valence-electron chi connectivity index (χ2n) is 7.26. The van der Waals surface area contributed by atoms with Gasteiger partial charge in [0.05, 0.1) is 13.2 Å². The van der Waals surface area contributed by atoms with Crippen molar-refractivity contribution < 1.29 is 56.4 Å². The number of amides is 3. The predicted molar refractivity (Wildman–Crippen MR) is 119 cm³/mol. The van der Waals surface area contributed by atoms with Crippen LogP contribution in [0.2, 0.25) is 0 Å². The van der Waals surface area contributed by atoms with Crippen LogP contribution in [0.3, 0.4) is 0 Å². The van der Waals surface area contributed by atoms with Gasteiger partial charge in [-0.15, -0.1) is 0 Å². The Morgan fingerprint density at radius 3 is 1.94 bits per heavy atom. The zero-order valence-corrected chi connectivity index (χ0v) is 19.4. The number of hydrogen-bond acceptors (Lipinski definition) is 10. The van der Waals surface area contributed by atoms with E-state index in [4.69, 9.17) is 20.5 Å². The molecule has 0 aromatic heterocycles. The fourth-order valence-corrected chi connectivity index (χ4v) is 3.12. The molecule has 1 aromatic carbocycles. The maximum Gasteiger partial charge on any atom is 0.446 e. The Morgan fingerprint density at radius 1 is 0.917 bits per heavy atom. The molecule has 0 spiro atoms. The highest BCUT2D eigenvalue weighted by Gasteiger charge is 2.29. The summed E-state index contributed by atoms with van der Waals surface area (Å²) < 4.78 is 34.5. The number of nitrogens with two attached hydrogens (primary N) is 1. The summed E-state index contributed by atoms with van der Waals surface area (Å²) in [5.74, 6) is -5.87. The lowest BCUT2D eigenvalue weighted by Crippen LogP contribution is -2.57. The minimum Gasteiger partial charge on any atom is -0.481 e. The maximum absolute atomic E-state index is 12.8. The number of carboxylic acids is 2. The van der Waals surface area contributed by atoms with Gasteiger partial charge in [-0.25, -0.2) is 4.79 Å². The first-order valence-corrected chi connectivity index (χ1v) is 11.5. The van der Waals surface area contributed by atoms with Crippen molar-refractivity contribution in [2.75, 3.05) is 13.2 Å². The number of carbonyl (C=O) groups is 5. The molecule has 0 saturated heterocycles. The molecule has 0 aliphatic carbocycles. The molecule has 1 aromatic rings. The van der Waals surface area contributed by atoms with Gasteiger partial charge in [0.15, 0.2) is 0 Å². The standard InChI is InChI=1S/C19H26N4O12S/c20-8-15(25)21-13(7-10-1-3-11(4-2-10)35-36(32,33)34)17(28)23-14(9-24)18(29)22-12(19(30)31)5-6-16(26)27/h1-4,12-14,24H,5-9,20H2,(H,21,25)(H,22,29)(H,23,28)(H,26,27)(H,30,31)(H,32,33,34)/t12-,13-,14-/m0/s1. The molecule has 9 N–H and O–H groups in total. The molecule has 0 bridgehead atoms. The van der Waals surface area contributed by atoms with Crippen LogP contribution in [-0.2, 0) is 40.8 Å². The van der Waals surface area contributed by atoms with Gasteiger partial charge in [0.1, 0.15) is 23.9 Å². The smallest absolute Gasteiger partial charge is 0.446 e. The number of aliphatic hydroxyl groups is 1. The van der Waals surface area contributed by atoms with Gasteiger partial charge >= 0.3 is 22.3 Å². The lowest BCUT2D eigenvalue weighted by atomic mass is 10.0. The second kappa shape index (κ2) is 13.9. The van der Waals surface area contributed by atoms with Crippen LogP contribution in [0.5, 0.6) is 5.75 Å². The number of aliphatic carboxylic acids is 2. The average Bonchev–Trinajstić information content (AvgIpc) is 2.79. The molecule has 17 heteroatoms. The molecule has 200 valence electrons. The van der Waals surface area contributed by atoms with E-state index in [-0.39, 0.29) is 12.2 Å². The lowest BCUT2D eigenvalue weighted by molar-refractivity contribution is -0.143. The molecule has 36 heavy (non-hydrogen) atoms. The van der Waals surface area contributed by atoms with Gasteiger partial charge < -0.3 is 41.2 Å². The third-order valence-electron chi connectivity index (χ3n) is 4.48. The summed E-state index contributed by atoms with van der Waals surface area (Å²) in [5, 5.41) is 33.9. The van der Waals surface area contributed by atoms with Gasteiger partial charge in [0, 0.05) is 12.8 Å². The summed E-state index contributed by atoms with van der Waals surface area (Å²) in [6.07, 6.45) is -1.20. The van der Waals surface area contributed by atoms with Crippen LogP contribution in [0.25, 0.3) is 0 Å². The van der Waals surface area contributed by atoms with E-state index in [0.29, 0.717) is 5.56 Å². The molecule has 0 fully saturated rings. The minimum atomic E-state index is -4.75. The van der Waals surface area contributed by atoms with Crippen LogP contribution >= 0.6 is 0 Å². The summed E-state index contributed by atoms with van der Waals surface area (Å²) in [6, 6.07) is 0.393. The van der Waals surface area contributed by atoms with E-state index in [2.05, 4.69) is 14.8 Å². The van der Waals surface area contributed by atoms with Gasteiger partial charge in [-0.1, -0.05) is 12.1 Å². The van der Waals surface area contributed by atoms with Crippen molar-refractivity contribution in [1.29, 1.82) is 0 Å². The lowest BCUT2D eigenvalue weighted by Gasteiger charge is -2.23. The van der Waals surface area contributed by atoms with Gasteiger partial charge in [0.2, 0.25) is 17.7 Å². The van der Waals surface area contributed by atoms with E-state index in [1.165, 1.54) is 12.1 Å². The maximum atomic E-state index is 12.8. The summed E-state index contributed by atoms with van der Waals surface area (Å²) in [7, 11) is -4.75. The number of nitrogens with one attached hydrogen (secondary N) is 3. The molecular weight excluding hydrogens is 508 g/mol. The van der Waals surface area contributed by atoms with Crippen molar-refractivity contribution in [1.82, 2.24) is 16.0 Å². The number of carbonyl (C=O) groups excluding carboxylic acids is 3. The highest BCUT2D eigenvalue weighted by Crippen LogP contribution is 2.15. The van der Waals surface area contributed by atoms with Crippen molar-refractivity contribution >= 4 is 40.1 Å². The first-order chi connectivity index (χ1) is 16.7. The molecule has 3 atom stereocenters.